The van der Waals surface area contributed by atoms with Gasteiger partial charge < -0.3 is 9.47 Å². The summed E-state index contributed by atoms with van der Waals surface area (Å²) in [5.41, 5.74) is 2.35. The second kappa shape index (κ2) is 14.4. The lowest BCUT2D eigenvalue weighted by Crippen LogP contribution is -2.34. The third-order valence-electron chi connectivity index (χ3n) is 6.19. The zero-order chi connectivity index (χ0) is 23.9. The van der Waals surface area contributed by atoms with Crippen molar-refractivity contribution >= 4 is 5.97 Å². The summed E-state index contributed by atoms with van der Waals surface area (Å²) in [5.74, 6) is -0.137. The molecule has 0 aliphatic rings. The van der Waals surface area contributed by atoms with Crippen molar-refractivity contribution in [3.63, 3.8) is 0 Å². The van der Waals surface area contributed by atoms with E-state index in [0.29, 0.717) is 13.0 Å². The summed E-state index contributed by atoms with van der Waals surface area (Å²) in [5, 5.41) is 0. The molecular weight excluding hydrogens is 420 g/mol. The predicted molar refractivity (Wildman–Crippen MR) is 139 cm³/mol. The van der Waals surface area contributed by atoms with Gasteiger partial charge in [0.1, 0.15) is 12.2 Å². The van der Waals surface area contributed by atoms with Gasteiger partial charge in [0.25, 0.3) is 0 Å². The van der Waals surface area contributed by atoms with E-state index in [1.165, 1.54) is 32.1 Å². The van der Waals surface area contributed by atoms with Gasteiger partial charge in [-0.1, -0.05) is 136 Å². The zero-order valence-corrected chi connectivity index (χ0v) is 20.5. The summed E-state index contributed by atoms with van der Waals surface area (Å²) < 4.78 is 12.2. The van der Waals surface area contributed by atoms with Gasteiger partial charge in [-0.05, 0) is 23.1 Å². The molecule has 0 atom stereocenters. The lowest BCUT2D eigenvalue weighted by atomic mass is 9.80. The van der Waals surface area contributed by atoms with E-state index in [4.69, 9.17) is 9.47 Å². The highest BCUT2D eigenvalue weighted by Gasteiger charge is 2.37. The van der Waals surface area contributed by atoms with Crippen LogP contribution < -0.4 is 0 Å². The van der Waals surface area contributed by atoms with Crippen LogP contribution in [-0.2, 0) is 19.9 Å². The standard InChI is InChI=1S/C31H38O3/c1-2-3-4-5-6-7-17-24-30(32)33-25-26-34-31(27-18-11-8-12-19-27,28-20-13-9-14-21-28)29-22-15-10-16-23-29/h8-16,18-23H,2-7,17,24-26H2,1H3. The molecule has 0 fully saturated rings. The van der Waals surface area contributed by atoms with Crippen LogP contribution in [0.1, 0.15) is 75.0 Å². The normalized spacial score (nSPS) is 11.3. The van der Waals surface area contributed by atoms with Crippen molar-refractivity contribution in [3.05, 3.63) is 108 Å². The maximum absolute atomic E-state index is 12.2. The Kier molecular flexibility index (Phi) is 10.9. The summed E-state index contributed by atoms with van der Waals surface area (Å²) >= 11 is 0. The Morgan fingerprint density at radius 2 is 1.06 bits per heavy atom. The van der Waals surface area contributed by atoms with Crippen LogP contribution in [0.3, 0.4) is 0 Å². The lowest BCUT2D eigenvalue weighted by Gasteiger charge is -2.35. The molecule has 0 bridgehead atoms. The van der Waals surface area contributed by atoms with Crippen molar-refractivity contribution in [2.45, 2.75) is 63.9 Å². The van der Waals surface area contributed by atoms with E-state index in [1.807, 2.05) is 54.6 Å². The van der Waals surface area contributed by atoms with E-state index < -0.39 is 5.60 Å². The molecule has 3 aromatic carbocycles. The monoisotopic (exact) mass is 458 g/mol. The molecular formula is C31H38O3. The van der Waals surface area contributed by atoms with Gasteiger partial charge in [-0.2, -0.15) is 0 Å². The summed E-state index contributed by atoms with van der Waals surface area (Å²) in [7, 11) is 0. The van der Waals surface area contributed by atoms with Gasteiger partial charge in [-0.3, -0.25) is 4.79 Å². The third-order valence-corrected chi connectivity index (χ3v) is 6.19. The van der Waals surface area contributed by atoms with Gasteiger partial charge in [0, 0.05) is 6.42 Å². The first-order valence-electron chi connectivity index (χ1n) is 12.7. The fourth-order valence-corrected chi connectivity index (χ4v) is 4.42. The van der Waals surface area contributed by atoms with Crippen molar-refractivity contribution in [3.8, 4) is 0 Å². The molecule has 3 heteroatoms. The molecule has 34 heavy (non-hydrogen) atoms. The molecule has 0 unspecified atom stereocenters. The minimum atomic E-state index is -0.783. The summed E-state index contributed by atoms with van der Waals surface area (Å²) in [6.07, 6.45) is 8.79. The van der Waals surface area contributed by atoms with Crippen molar-refractivity contribution < 1.29 is 14.3 Å². The Morgan fingerprint density at radius 3 is 1.53 bits per heavy atom. The highest BCUT2D eigenvalue weighted by molar-refractivity contribution is 5.69. The first kappa shape index (κ1) is 25.7. The molecule has 3 aromatic rings. The largest absolute Gasteiger partial charge is 0.463 e. The van der Waals surface area contributed by atoms with Crippen molar-refractivity contribution in [1.29, 1.82) is 0 Å². The molecule has 0 heterocycles. The molecule has 3 rings (SSSR count). The maximum atomic E-state index is 12.2. The average Bonchev–Trinajstić information content (AvgIpc) is 2.90. The van der Waals surface area contributed by atoms with E-state index >= 15 is 0 Å². The minimum absolute atomic E-state index is 0.137. The molecule has 0 aliphatic heterocycles. The molecule has 0 amide bonds. The van der Waals surface area contributed by atoms with E-state index in [0.717, 1.165) is 29.5 Å². The second-order valence-electron chi connectivity index (χ2n) is 8.72. The molecule has 180 valence electrons. The first-order chi connectivity index (χ1) is 16.8. The van der Waals surface area contributed by atoms with E-state index in [2.05, 4.69) is 43.3 Å². The van der Waals surface area contributed by atoms with Crippen LogP contribution in [0.15, 0.2) is 91.0 Å². The second-order valence-corrected chi connectivity index (χ2v) is 8.72. The van der Waals surface area contributed by atoms with Gasteiger partial charge in [0.05, 0.1) is 6.61 Å². The smallest absolute Gasteiger partial charge is 0.305 e. The highest BCUT2D eigenvalue weighted by atomic mass is 16.6. The molecule has 0 saturated heterocycles. The van der Waals surface area contributed by atoms with Crippen molar-refractivity contribution in [2.24, 2.45) is 0 Å². The third kappa shape index (κ3) is 7.30. The summed E-state index contributed by atoms with van der Waals surface area (Å²) in [6, 6.07) is 30.7. The topological polar surface area (TPSA) is 35.5 Å². The molecule has 0 N–H and O–H groups in total. The Balaban J connectivity index is 1.63. The Bertz CT molecular complexity index is 842. The number of ether oxygens (including phenoxy) is 2. The van der Waals surface area contributed by atoms with E-state index in [1.54, 1.807) is 0 Å². The highest BCUT2D eigenvalue weighted by Crippen LogP contribution is 2.40. The summed E-state index contributed by atoms with van der Waals surface area (Å²) in [4.78, 5) is 12.2. The van der Waals surface area contributed by atoms with Crippen molar-refractivity contribution in [2.75, 3.05) is 13.2 Å². The van der Waals surface area contributed by atoms with Crippen LogP contribution in [0.5, 0.6) is 0 Å². The zero-order valence-electron chi connectivity index (χ0n) is 20.5. The van der Waals surface area contributed by atoms with E-state index in [9.17, 15) is 4.79 Å². The van der Waals surface area contributed by atoms with Crippen LogP contribution in [0.4, 0.5) is 0 Å². The van der Waals surface area contributed by atoms with Crippen LogP contribution >= 0.6 is 0 Å². The SMILES string of the molecule is CCCCCCCCCC(=O)OCCOC(c1ccccc1)(c1ccccc1)c1ccccc1. The van der Waals surface area contributed by atoms with Gasteiger partial charge in [-0.15, -0.1) is 0 Å². The molecule has 0 aromatic heterocycles. The maximum Gasteiger partial charge on any atom is 0.305 e. The van der Waals surface area contributed by atoms with Gasteiger partial charge in [-0.25, -0.2) is 0 Å². The number of carbonyl (C=O) groups is 1. The Morgan fingerprint density at radius 1 is 0.618 bits per heavy atom. The van der Waals surface area contributed by atoms with E-state index in [-0.39, 0.29) is 12.6 Å². The number of unbranched alkanes of at least 4 members (excludes halogenated alkanes) is 6. The minimum Gasteiger partial charge on any atom is -0.463 e. The summed E-state index contributed by atoms with van der Waals surface area (Å²) in [6.45, 7) is 2.77. The number of hydrogen-bond acceptors (Lipinski definition) is 3. The number of benzene rings is 3. The Hall–Kier alpha value is -2.91. The molecule has 0 spiro atoms. The van der Waals surface area contributed by atoms with Crippen LogP contribution in [0.25, 0.3) is 0 Å². The lowest BCUT2D eigenvalue weighted by molar-refractivity contribution is -0.146. The van der Waals surface area contributed by atoms with Gasteiger partial charge in [0.15, 0.2) is 0 Å². The fraction of sp³-hybridized carbons (Fsp3) is 0.387. The van der Waals surface area contributed by atoms with Gasteiger partial charge in [0.2, 0.25) is 0 Å². The average molecular weight is 459 g/mol. The van der Waals surface area contributed by atoms with Crippen molar-refractivity contribution in [1.82, 2.24) is 0 Å². The number of esters is 1. The number of hydrogen-bond donors (Lipinski definition) is 0. The number of rotatable bonds is 15. The predicted octanol–water partition coefficient (Wildman–Crippen LogP) is 7.68. The quantitative estimate of drug-likeness (QED) is 0.133. The number of carbonyl (C=O) groups excluding carboxylic acids is 1. The Labute approximate surface area is 205 Å². The molecule has 0 saturated carbocycles. The van der Waals surface area contributed by atoms with Crippen LogP contribution in [-0.4, -0.2) is 19.2 Å². The van der Waals surface area contributed by atoms with Crippen LogP contribution in [0.2, 0.25) is 0 Å². The molecule has 0 radical (unpaired) electrons. The molecule has 3 nitrogen and oxygen atoms in total. The van der Waals surface area contributed by atoms with Crippen LogP contribution in [0, 0.1) is 0 Å². The van der Waals surface area contributed by atoms with Gasteiger partial charge >= 0.3 is 5.97 Å². The molecule has 0 aliphatic carbocycles. The first-order valence-corrected chi connectivity index (χ1v) is 12.7. The fourth-order valence-electron chi connectivity index (χ4n) is 4.42.